The van der Waals surface area contributed by atoms with Crippen LogP contribution in [-0.2, 0) is 10.3 Å². The van der Waals surface area contributed by atoms with Gasteiger partial charge in [0.2, 0.25) is 0 Å². The molecule has 1 aromatic heterocycles. The monoisotopic (exact) mass is 459 g/mol. The molecule has 4 rings (SSSR count). The van der Waals surface area contributed by atoms with Gasteiger partial charge in [0.25, 0.3) is 0 Å². The quantitative estimate of drug-likeness (QED) is 0.679. The van der Waals surface area contributed by atoms with E-state index in [9.17, 15) is 26.3 Å². The second-order valence-electron chi connectivity index (χ2n) is 7.16. The molecule has 3 heterocycles. The minimum atomic E-state index is -4.66. The van der Waals surface area contributed by atoms with Crippen molar-refractivity contribution in [3.63, 3.8) is 0 Å². The van der Waals surface area contributed by atoms with Crippen LogP contribution in [0.3, 0.4) is 0 Å². The Hall–Kier alpha value is -2.53. The summed E-state index contributed by atoms with van der Waals surface area (Å²) in [5.74, 6) is -3.55. The fourth-order valence-corrected chi connectivity index (χ4v) is 4.83. The van der Waals surface area contributed by atoms with Crippen LogP contribution in [0, 0.1) is 17.6 Å². The molecule has 4 nitrogen and oxygen atoms in total. The number of pyridine rings is 1. The molecule has 0 bridgehead atoms. The van der Waals surface area contributed by atoms with E-state index in [4.69, 9.17) is 10.5 Å². The Labute approximate surface area is 177 Å². The standard InChI is InChI=1S/C20H15F6N3OS/c21-11-2-4-16(28-7-11)15(23)6-10-1-3-14(22)12(5-10)19-9-30-17(20(24,25)26)13(19)8-31-18(27)29-19/h1-7,13,17H,8-9H2,(H2,27,29)/b15-6-/t13-,17+,19-/m1/s1. The summed E-state index contributed by atoms with van der Waals surface area (Å²) in [5, 5.41) is 0.0183. The minimum absolute atomic E-state index is 0.0183. The second kappa shape index (κ2) is 7.86. The molecule has 164 valence electrons. The van der Waals surface area contributed by atoms with E-state index in [1.807, 2.05) is 0 Å². The highest BCUT2D eigenvalue weighted by molar-refractivity contribution is 8.13. The fourth-order valence-electron chi connectivity index (χ4n) is 3.80. The molecule has 3 atom stereocenters. The van der Waals surface area contributed by atoms with Crippen LogP contribution in [0.2, 0.25) is 0 Å². The van der Waals surface area contributed by atoms with Crippen LogP contribution in [0.15, 0.2) is 41.5 Å². The van der Waals surface area contributed by atoms with E-state index in [2.05, 4.69) is 9.98 Å². The average molecular weight is 459 g/mol. The van der Waals surface area contributed by atoms with Gasteiger partial charge < -0.3 is 10.5 Å². The molecule has 1 saturated heterocycles. The summed E-state index contributed by atoms with van der Waals surface area (Å²) in [6, 6.07) is 5.66. The highest BCUT2D eigenvalue weighted by Gasteiger charge is 2.61. The molecule has 2 aliphatic rings. The maximum absolute atomic E-state index is 14.8. The zero-order valence-corrected chi connectivity index (χ0v) is 16.5. The Kier molecular flexibility index (Phi) is 5.50. The lowest BCUT2D eigenvalue weighted by molar-refractivity contribution is -0.215. The fraction of sp³-hybridized carbons (Fsp3) is 0.300. The number of ether oxygens (including phenoxy) is 1. The van der Waals surface area contributed by atoms with Crippen LogP contribution in [0.1, 0.15) is 16.8 Å². The zero-order valence-electron chi connectivity index (χ0n) is 15.7. The number of aromatic nitrogens is 1. The zero-order chi connectivity index (χ0) is 22.4. The lowest BCUT2D eigenvalue weighted by atomic mass is 9.78. The summed E-state index contributed by atoms with van der Waals surface area (Å²) in [5.41, 5.74) is 3.93. The normalized spacial score (nSPS) is 26.5. The first kappa shape index (κ1) is 21.7. The molecule has 11 heteroatoms. The topological polar surface area (TPSA) is 60.5 Å². The summed E-state index contributed by atoms with van der Waals surface area (Å²) < 4.78 is 87.8. The molecule has 2 N–H and O–H groups in total. The number of fused-ring (bicyclic) bond motifs is 1. The lowest BCUT2D eigenvalue weighted by Crippen LogP contribution is -2.46. The number of hydrogen-bond donors (Lipinski definition) is 1. The Morgan fingerprint density at radius 3 is 2.68 bits per heavy atom. The Bertz CT molecular complexity index is 1060. The Morgan fingerprint density at radius 2 is 2.00 bits per heavy atom. The van der Waals surface area contributed by atoms with Gasteiger partial charge in [-0.15, -0.1) is 0 Å². The molecule has 1 fully saturated rings. The van der Waals surface area contributed by atoms with Crippen LogP contribution in [-0.4, -0.2) is 34.8 Å². The summed E-state index contributed by atoms with van der Waals surface area (Å²) in [6.07, 6.45) is -4.93. The summed E-state index contributed by atoms with van der Waals surface area (Å²) >= 11 is 0.941. The van der Waals surface area contributed by atoms with Gasteiger partial charge >= 0.3 is 6.18 Å². The van der Waals surface area contributed by atoms with Crippen LogP contribution >= 0.6 is 11.8 Å². The molecular formula is C20H15F6N3OS. The van der Waals surface area contributed by atoms with Gasteiger partial charge in [-0.05, 0) is 35.9 Å². The number of halogens is 6. The highest BCUT2D eigenvalue weighted by atomic mass is 32.2. The summed E-state index contributed by atoms with van der Waals surface area (Å²) in [6.45, 7) is -0.519. The predicted octanol–water partition coefficient (Wildman–Crippen LogP) is 4.66. The number of alkyl halides is 3. The van der Waals surface area contributed by atoms with Gasteiger partial charge in [0, 0.05) is 17.2 Å². The molecule has 0 amide bonds. The van der Waals surface area contributed by atoms with Gasteiger partial charge in [0.15, 0.2) is 11.3 Å². The van der Waals surface area contributed by atoms with Crippen molar-refractivity contribution >= 4 is 28.8 Å². The molecule has 0 aliphatic carbocycles. The van der Waals surface area contributed by atoms with Crippen molar-refractivity contribution in [1.82, 2.24) is 4.98 Å². The Balaban J connectivity index is 1.77. The largest absolute Gasteiger partial charge is 0.415 e. The SMILES string of the molecule is NC1=N[C@@]2(c3cc(/C=C(\F)c4ccc(F)cn4)ccc3F)CO[C@H](C(F)(F)F)[C@H]2CS1. The van der Waals surface area contributed by atoms with E-state index in [1.165, 1.54) is 12.1 Å². The number of benzene rings is 1. The number of nitrogens with two attached hydrogens (primary N) is 1. The van der Waals surface area contributed by atoms with E-state index in [1.54, 1.807) is 0 Å². The van der Waals surface area contributed by atoms with E-state index in [-0.39, 0.29) is 27.7 Å². The third-order valence-electron chi connectivity index (χ3n) is 5.23. The van der Waals surface area contributed by atoms with Gasteiger partial charge in [-0.2, -0.15) is 13.2 Å². The van der Waals surface area contributed by atoms with Crippen molar-refractivity contribution in [2.75, 3.05) is 12.4 Å². The minimum Gasteiger partial charge on any atom is -0.379 e. The van der Waals surface area contributed by atoms with Gasteiger partial charge in [0.05, 0.1) is 18.5 Å². The van der Waals surface area contributed by atoms with Gasteiger partial charge in [0.1, 0.15) is 23.0 Å². The smallest absolute Gasteiger partial charge is 0.379 e. The summed E-state index contributed by atoms with van der Waals surface area (Å²) in [7, 11) is 0. The molecule has 0 saturated carbocycles. The van der Waals surface area contributed by atoms with Crippen molar-refractivity contribution in [2.24, 2.45) is 16.6 Å². The molecule has 0 spiro atoms. The predicted molar refractivity (Wildman–Crippen MR) is 105 cm³/mol. The van der Waals surface area contributed by atoms with Crippen molar-refractivity contribution in [3.05, 3.63) is 65.0 Å². The molecule has 0 unspecified atom stereocenters. The number of amidine groups is 1. The van der Waals surface area contributed by atoms with Crippen LogP contribution in [0.4, 0.5) is 26.3 Å². The van der Waals surface area contributed by atoms with Crippen molar-refractivity contribution < 1.29 is 31.1 Å². The number of thioether (sulfide) groups is 1. The molecule has 1 aromatic carbocycles. The maximum Gasteiger partial charge on any atom is 0.415 e. The third-order valence-corrected chi connectivity index (χ3v) is 6.14. The first-order chi connectivity index (χ1) is 14.6. The van der Waals surface area contributed by atoms with Gasteiger partial charge in [-0.1, -0.05) is 17.8 Å². The number of hydrogen-bond acceptors (Lipinski definition) is 5. The number of rotatable bonds is 3. The second-order valence-corrected chi connectivity index (χ2v) is 8.20. The number of nitrogens with zero attached hydrogens (tertiary/aromatic N) is 2. The highest BCUT2D eigenvalue weighted by Crippen LogP contribution is 2.51. The number of aliphatic imine (C=N–C) groups is 1. The van der Waals surface area contributed by atoms with Crippen molar-refractivity contribution in [3.8, 4) is 0 Å². The van der Waals surface area contributed by atoms with Crippen molar-refractivity contribution in [1.29, 1.82) is 0 Å². The molecule has 31 heavy (non-hydrogen) atoms. The third kappa shape index (κ3) is 4.03. The van der Waals surface area contributed by atoms with Crippen molar-refractivity contribution in [2.45, 2.75) is 17.8 Å². The van der Waals surface area contributed by atoms with Gasteiger partial charge in [-0.25, -0.2) is 18.2 Å². The van der Waals surface area contributed by atoms with E-state index in [0.717, 1.165) is 42.2 Å². The van der Waals surface area contributed by atoms with E-state index < -0.39 is 47.8 Å². The maximum atomic E-state index is 14.8. The molecule has 0 radical (unpaired) electrons. The van der Waals surface area contributed by atoms with Crippen LogP contribution in [0.25, 0.3) is 11.9 Å². The van der Waals surface area contributed by atoms with E-state index in [0.29, 0.717) is 0 Å². The molecule has 2 aliphatic heterocycles. The average Bonchev–Trinajstić information content (AvgIpc) is 3.09. The molecular weight excluding hydrogens is 444 g/mol. The lowest BCUT2D eigenvalue weighted by Gasteiger charge is -2.36. The van der Waals surface area contributed by atoms with E-state index >= 15 is 0 Å². The first-order valence-electron chi connectivity index (χ1n) is 9.06. The van der Waals surface area contributed by atoms with Crippen LogP contribution < -0.4 is 5.73 Å². The van der Waals surface area contributed by atoms with Gasteiger partial charge in [-0.3, -0.25) is 4.98 Å². The van der Waals surface area contributed by atoms with Crippen LogP contribution in [0.5, 0.6) is 0 Å². The Morgan fingerprint density at radius 1 is 1.23 bits per heavy atom. The summed E-state index contributed by atoms with van der Waals surface area (Å²) in [4.78, 5) is 7.81. The molecule has 2 aromatic rings. The first-order valence-corrected chi connectivity index (χ1v) is 10.0.